The van der Waals surface area contributed by atoms with Crippen molar-refractivity contribution in [2.75, 3.05) is 13.2 Å². The van der Waals surface area contributed by atoms with E-state index in [0.717, 1.165) is 64.2 Å². The van der Waals surface area contributed by atoms with Gasteiger partial charge in [0.05, 0.1) is 25.4 Å². The maximum absolute atomic E-state index is 12.9. The topological polar surface area (TPSA) is 149 Å². The first-order valence-corrected chi connectivity index (χ1v) is 22.9. The minimum absolute atomic E-state index is 0.202. The van der Waals surface area contributed by atoms with Crippen LogP contribution >= 0.6 is 0 Å². The van der Waals surface area contributed by atoms with Crippen molar-refractivity contribution in [1.29, 1.82) is 0 Å². The van der Waals surface area contributed by atoms with Crippen molar-refractivity contribution in [3.8, 4) is 0 Å². The van der Waals surface area contributed by atoms with E-state index in [0.29, 0.717) is 6.42 Å². The van der Waals surface area contributed by atoms with Crippen LogP contribution in [0.2, 0.25) is 0 Å². The molecule has 0 aromatic rings. The molecule has 9 nitrogen and oxygen atoms in total. The van der Waals surface area contributed by atoms with Crippen molar-refractivity contribution in [1.82, 2.24) is 5.32 Å². The van der Waals surface area contributed by atoms with E-state index >= 15 is 0 Å². The number of aliphatic hydroxyl groups excluding tert-OH is 5. The van der Waals surface area contributed by atoms with E-state index in [1.807, 2.05) is 6.08 Å². The molecule has 6 N–H and O–H groups in total. The molecule has 1 fully saturated rings. The summed E-state index contributed by atoms with van der Waals surface area (Å²) in [6, 6.07) is -0.831. The van der Waals surface area contributed by atoms with Gasteiger partial charge in [-0.25, -0.2) is 0 Å². The lowest BCUT2D eigenvalue weighted by molar-refractivity contribution is -0.302. The van der Waals surface area contributed by atoms with Gasteiger partial charge in [-0.3, -0.25) is 4.79 Å². The lowest BCUT2D eigenvalue weighted by Crippen LogP contribution is -2.60. The van der Waals surface area contributed by atoms with Crippen molar-refractivity contribution in [2.24, 2.45) is 0 Å². The summed E-state index contributed by atoms with van der Waals surface area (Å²) < 4.78 is 11.2. The second-order valence-electron chi connectivity index (χ2n) is 15.8. The molecule has 1 rings (SSSR count). The summed E-state index contributed by atoms with van der Waals surface area (Å²) in [7, 11) is 0. The van der Waals surface area contributed by atoms with Crippen molar-refractivity contribution in [3.63, 3.8) is 0 Å². The van der Waals surface area contributed by atoms with E-state index in [9.17, 15) is 30.3 Å². The van der Waals surface area contributed by atoms with Crippen LogP contribution < -0.4 is 5.32 Å². The number of hydrogen-bond donors (Lipinski definition) is 6. The molecule has 7 atom stereocenters. The second kappa shape index (κ2) is 37.4. The summed E-state index contributed by atoms with van der Waals surface area (Å²) in [5.74, 6) is -0.202. The van der Waals surface area contributed by atoms with Crippen LogP contribution in [0.5, 0.6) is 0 Å². The predicted octanol–water partition coefficient (Wildman–Crippen LogP) is 9.45. The van der Waals surface area contributed by atoms with Gasteiger partial charge < -0.3 is 40.3 Å². The van der Waals surface area contributed by atoms with Gasteiger partial charge in [-0.05, 0) is 70.6 Å². The molecule has 0 aromatic heterocycles. The first kappa shape index (κ1) is 52.2. The van der Waals surface area contributed by atoms with Gasteiger partial charge in [0.1, 0.15) is 24.4 Å². The molecular weight excluding hydrogens is 707 g/mol. The molecule has 1 aliphatic rings. The molecule has 0 aromatic carbocycles. The monoisotopic (exact) mass is 792 g/mol. The van der Waals surface area contributed by atoms with Gasteiger partial charge in [0.2, 0.25) is 5.91 Å². The molecule has 1 saturated heterocycles. The van der Waals surface area contributed by atoms with Crippen molar-refractivity contribution < 1.29 is 39.8 Å². The molecule has 1 heterocycles. The van der Waals surface area contributed by atoms with Crippen LogP contribution in [0, 0.1) is 0 Å². The Labute approximate surface area is 342 Å². The third kappa shape index (κ3) is 27.7. The number of ether oxygens (including phenoxy) is 2. The highest BCUT2D eigenvalue weighted by Gasteiger charge is 2.44. The maximum Gasteiger partial charge on any atom is 0.220 e. The first-order chi connectivity index (χ1) is 27.3. The first-order valence-electron chi connectivity index (χ1n) is 22.9. The standard InChI is InChI=1S/C47H85NO8/c1-3-5-7-9-11-13-15-17-19-20-21-23-24-26-28-30-32-34-36-41(50)40(39-55-47-46(54)45(53)44(52)42(38-49)56-47)48-43(51)37-35-33-31-29-27-25-22-18-16-14-12-10-8-6-4-2/h18,20-22,26,28,34,36,40-42,44-47,49-50,52-54H,3-17,19,23-25,27,29-33,35,37-39H2,1-2H3,(H,48,51)/b21-20+,22-18-,28-26+,36-34+. The highest BCUT2D eigenvalue weighted by Crippen LogP contribution is 2.22. The Bertz CT molecular complexity index is 1010. The van der Waals surface area contributed by atoms with Crippen LogP contribution in [-0.2, 0) is 14.3 Å². The molecule has 0 bridgehead atoms. The van der Waals surface area contributed by atoms with Gasteiger partial charge in [-0.1, -0.05) is 159 Å². The lowest BCUT2D eigenvalue weighted by atomic mass is 9.99. The summed E-state index contributed by atoms with van der Waals surface area (Å²) in [5, 5.41) is 54.1. The molecule has 0 spiro atoms. The van der Waals surface area contributed by atoms with Crippen LogP contribution in [0.15, 0.2) is 48.6 Å². The fraction of sp³-hybridized carbons (Fsp3) is 0.809. The zero-order valence-corrected chi connectivity index (χ0v) is 35.6. The molecule has 1 amide bonds. The van der Waals surface area contributed by atoms with E-state index < -0.39 is 49.5 Å². The van der Waals surface area contributed by atoms with E-state index in [-0.39, 0.29) is 12.5 Å². The number of hydrogen-bond acceptors (Lipinski definition) is 8. The summed E-state index contributed by atoms with van der Waals surface area (Å²) in [6.45, 7) is 3.72. The fourth-order valence-corrected chi connectivity index (χ4v) is 6.89. The van der Waals surface area contributed by atoms with Gasteiger partial charge in [0.15, 0.2) is 6.29 Å². The number of amides is 1. The van der Waals surface area contributed by atoms with Gasteiger partial charge >= 0.3 is 0 Å². The molecule has 56 heavy (non-hydrogen) atoms. The second-order valence-corrected chi connectivity index (χ2v) is 15.8. The summed E-state index contributed by atoms with van der Waals surface area (Å²) in [4.78, 5) is 12.9. The van der Waals surface area contributed by atoms with Crippen molar-refractivity contribution in [3.05, 3.63) is 48.6 Å². The Balaban J connectivity index is 2.42. The third-order valence-electron chi connectivity index (χ3n) is 10.6. The zero-order chi connectivity index (χ0) is 40.9. The highest BCUT2D eigenvalue weighted by molar-refractivity contribution is 5.76. The number of allylic oxidation sites excluding steroid dienone is 7. The van der Waals surface area contributed by atoms with Crippen LogP contribution in [0.25, 0.3) is 0 Å². The normalized spacial score (nSPS) is 21.6. The molecule has 326 valence electrons. The SMILES string of the molecule is CCCCCCCC/C=C\CCCCCCCC(=O)NC(COC1OC(CO)C(O)C(O)C1O)C(O)/C=C/CC/C=C/CC/C=C/CCCCCCCCCC. The Morgan fingerprint density at radius 1 is 0.589 bits per heavy atom. The number of unbranched alkanes of at least 4 members (excludes halogenated alkanes) is 21. The summed E-state index contributed by atoms with van der Waals surface area (Å²) >= 11 is 0. The van der Waals surface area contributed by atoms with Gasteiger partial charge in [-0.2, -0.15) is 0 Å². The van der Waals surface area contributed by atoms with Gasteiger partial charge in [-0.15, -0.1) is 0 Å². The third-order valence-corrected chi connectivity index (χ3v) is 10.6. The molecular formula is C47H85NO8. The average Bonchev–Trinajstić information content (AvgIpc) is 3.20. The fourth-order valence-electron chi connectivity index (χ4n) is 6.89. The summed E-state index contributed by atoms with van der Waals surface area (Å²) in [5.41, 5.74) is 0. The molecule has 0 radical (unpaired) electrons. The number of nitrogens with one attached hydrogen (secondary N) is 1. The van der Waals surface area contributed by atoms with E-state index in [2.05, 4.69) is 55.6 Å². The number of carbonyl (C=O) groups excluding carboxylic acids is 1. The molecule has 0 saturated carbocycles. The molecule has 1 aliphatic heterocycles. The van der Waals surface area contributed by atoms with Crippen LogP contribution in [0.1, 0.15) is 187 Å². The summed E-state index contributed by atoms with van der Waals surface area (Å²) in [6.07, 6.45) is 40.1. The molecule has 9 heteroatoms. The van der Waals surface area contributed by atoms with Crippen LogP contribution in [-0.4, -0.2) is 87.5 Å². The van der Waals surface area contributed by atoms with Crippen LogP contribution in [0.3, 0.4) is 0 Å². The largest absolute Gasteiger partial charge is 0.394 e. The van der Waals surface area contributed by atoms with Gasteiger partial charge in [0.25, 0.3) is 0 Å². The maximum atomic E-state index is 12.9. The Kier molecular flexibility index (Phi) is 34.9. The van der Waals surface area contributed by atoms with Crippen molar-refractivity contribution >= 4 is 5.91 Å². The van der Waals surface area contributed by atoms with Crippen LogP contribution in [0.4, 0.5) is 0 Å². The molecule has 0 aliphatic carbocycles. The Morgan fingerprint density at radius 2 is 1.02 bits per heavy atom. The highest BCUT2D eigenvalue weighted by atomic mass is 16.7. The van der Waals surface area contributed by atoms with E-state index in [4.69, 9.17) is 9.47 Å². The Hall–Kier alpha value is -1.85. The number of aliphatic hydroxyl groups is 5. The van der Waals surface area contributed by atoms with Crippen molar-refractivity contribution in [2.45, 2.75) is 230 Å². The lowest BCUT2D eigenvalue weighted by Gasteiger charge is -2.40. The minimum Gasteiger partial charge on any atom is -0.394 e. The predicted molar refractivity (Wildman–Crippen MR) is 230 cm³/mol. The quantitative estimate of drug-likeness (QED) is 0.0269. The average molecular weight is 792 g/mol. The number of rotatable bonds is 37. The Morgan fingerprint density at radius 3 is 1.50 bits per heavy atom. The number of carbonyl (C=O) groups is 1. The van der Waals surface area contributed by atoms with E-state index in [1.165, 1.54) is 103 Å². The zero-order valence-electron chi connectivity index (χ0n) is 35.6. The molecule has 7 unspecified atom stereocenters. The van der Waals surface area contributed by atoms with Gasteiger partial charge in [0, 0.05) is 6.42 Å². The smallest absolute Gasteiger partial charge is 0.220 e. The van der Waals surface area contributed by atoms with E-state index in [1.54, 1.807) is 6.08 Å². The minimum atomic E-state index is -1.58.